The highest BCUT2D eigenvalue weighted by molar-refractivity contribution is 5.56. The number of rotatable bonds is 8. The predicted octanol–water partition coefficient (Wildman–Crippen LogP) is 1.21. The fourth-order valence-corrected chi connectivity index (χ4v) is 3.46. The van der Waals surface area contributed by atoms with Gasteiger partial charge >= 0.3 is 0 Å². The van der Waals surface area contributed by atoms with E-state index in [0.717, 1.165) is 11.3 Å². The van der Waals surface area contributed by atoms with E-state index in [9.17, 15) is 5.11 Å². The van der Waals surface area contributed by atoms with Crippen molar-refractivity contribution >= 4 is 0 Å². The van der Waals surface area contributed by atoms with E-state index in [1.54, 1.807) is 19.4 Å². The van der Waals surface area contributed by atoms with Crippen LogP contribution in [0.15, 0.2) is 36.5 Å². The van der Waals surface area contributed by atoms with Gasteiger partial charge in [-0.2, -0.15) is 0 Å². The fraction of sp³-hybridized carbons (Fsp3) is 0.500. The standard InChI is InChI=1S/C20H24N2O6/c1-24-16-11-27-19-17(12-28-18(16)19)26-9-8-25-15-4-2-13(3-5-15)20-21-7-6-14(10-23)22-20/h2-7,16-19,23H,8-12H2,1H3/t16-,17-,18-,19-/m1/s1. The van der Waals surface area contributed by atoms with E-state index < -0.39 is 0 Å². The first-order valence-electron chi connectivity index (χ1n) is 9.32. The van der Waals surface area contributed by atoms with Crippen LogP contribution in [0.2, 0.25) is 0 Å². The van der Waals surface area contributed by atoms with Gasteiger partial charge in [0.05, 0.1) is 32.1 Å². The van der Waals surface area contributed by atoms with Gasteiger partial charge in [-0.25, -0.2) is 9.97 Å². The van der Waals surface area contributed by atoms with Crippen molar-refractivity contribution in [3.8, 4) is 17.1 Å². The number of hydrogen-bond donors (Lipinski definition) is 1. The normalized spacial score (nSPS) is 26.4. The Bertz CT molecular complexity index is 772. The predicted molar refractivity (Wildman–Crippen MR) is 98.9 cm³/mol. The number of aromatic nitrogens is 2. The Kier molecular flexibility index (Phi) is 6.13. The van der Waals surface area contributed by atoms with Crippen LogP contribution in [0.3, 0.4) is 0 Å². The lowest BCUT2D eigenvalue weighted by Gasteiger charge is -2.17. The molecule has 0 aliphatic carbocycles. The van der Waals surface area contributed by atoms with Crippen LogP contribution in [0.4, 0.5) is 0 Å². The minimum Gasteiger partial charge on any atom is -0.491 e. The van der Waals surface area contributed by atoms with Gasteiger partial charge in [-0.15, -0.1) is 0 Å². The van der Waals surface area contributed by atoms with Crippen molar-refractivity contribution in [1.29, 1.82) is 0 Å². The highest BCUT2D eigenvalue weighted by atomic mass is 16.6. The van der Waals surface area contributed by atoms with E-state index >= 15 is 0 Å². The number of fused-ring (bicyclic) bond motifs is 1. The lowest BCUT2D eigenvalue weighted by atomic mass is 10.1. The number of methoxy groups -OCH3 is 1. The van der Waals surface area contributed by atoms with E-state index in [1.807, 2.05) is 24.3 Å². The molecule has 2 aliphatic heterocycles. The smallest absolute Gasteiger partial charge is 0.159 e. The summed E-state index contributed by atoms with van der Waals surface area (Å²) in [5.74, 6) is 1.31. The molecule has 8 nitrogen and oxygen atoms in total. The summed E-state index contributed by atoms with van der Waals surface area (Å²) in [5.41, 5.74) is 1.45. The SMILES string of the molecule is CO[C@@H]1CO[C@H]2[C@@H]1OC[C@H]2OCCOc1ccc(-c2nccc(CO)n2)cc1. The van der Waals surface area contributed by atoms with Crippen LogP contribution in [0.5, 0.6) is 5.75 Å². The minimum atomic E-state index is -0.110. The molecule has 0 amide bonds. The Hall–Kier alpha value is -2.10. The quantitative estimate of drug-likeness (QED) is 0.675. The Labute approximate surface area is 163 Å². The largest absolute Gasteiger partial charge is 0.491 e. The van der Waals surface area contributed by atoms with E-state index in [4.69, 9.17) is 23.7 Å². The van der Waals surface area contributed by atoms with Gasteiger partial charge < -0.3 is 28.8 Å². The molecule has 2 saturated heterocycles. The molecule has 0 radical (unpaired) electrons. The van der Waals surface area contributed by atoms with Crippen molar-refractivity contribution in [2.24, 2.45) is 0 Å². The van der Waals surface area contributed by atoms with E-state index in [2.05, 4.69) is 9.97 Å². The third-order valence-corrected chi connectivity index (χ3v) is 4.94. The van der Waals surface area contributed by atoms with Gasteiger partial charge in [0, 0.05) is 18.9 Å². The summed E-state index contributed by atoms with van der Waals surface area (Å²) in [5, 5.41) is 9.18. The van der Waals surface area contributed by atoms with Gasteiger partial charge in [0.15, 0.2) is 5.82 Å². The average Bonchev–Trinajstić information content (AvgIpc) is 3.34. The zero-order valence-corrected chi connectivity index (χ0v) is 15.7. The summed E-state index contributed by atoms with van der Waals surface area (Å²) in [4.78, 5) is 8.52. The van der Waals surface area contributed by atoms with Gasteiger partial charge in [0.1, 0.15) is 36.8 Å². The van der Waals surface area contributed by atoms with Crippen molar-refractivity contribution in [1.82, 2.24) is 9.97 Å². The van der Waals surface area contributed by atoms with E-state index in [-0.39, 0.29) is 31.0 Å². The number of benzene rings is 1. The van der Waals surface area contributed by atoms with Gasteiger partial charge in [0.25, 0.3) is 0 Å². The highest BCUT2D eigenvalue weighted by Gasteiger charge is 2.48. The first kappa shape index (κ1) is 19.2. The number of ether oxygens (including phenoxy) is 5. The van der Waals surface area contributed by atoms with Crippen molar-refractivity contribution < 1.29 is 28.8 Å². The molecule has 2 aliphatic rings. The zero-order chi connectivity index (χ0) is 19.3. The molecule has 3 heterocycles. The van der Waals surface area contributed by atoms with Gasteiger partial charge in [-0.3, -0.25) is 0 Å². The van der Waals surface area contributed by atoms with Crippen molar-refractivity contribution in [3.63, 3.8) is 0 Å². The molecule has 150 valence electrons. The first-order chi connectivity index (χ1) is 13.8. The Morgan fingerprint density at radius 3 is 2.54 bits per heavy atom. The molecule has 2 aromatic rings. The van der Waals surface area contributed by atoms with Crippen LogP contribution in [-0.2, 0) is 25.6 Å². The van der Waals surface area contributed by atoms with Crippen molar-refractivity contribution in [3.05, 3.63) is 42.2 Å². The lowest BCUT2D eigenvalue weighted by Crippen LogP contribution is -2.34. The fourth-order valence-electron chi connectivity index (χ4n) is 3.46. The molecule has 4 atom stereocenters. The minimum absolute atomic E-state index is 0.0181. The van der Waals surface area contributed by atoms with E-state index in [1.165, 1.54) is 0 Å². The maximum Gasteiger partial charge on any atom is 0.159 e. The summed E-state index contributed by atoms with van der Waals surface area (Å²) in [7, 11) is 1.67. The maximum atomic E-state index is 9.18. The van der Waals surface area contributed by atoms with Gasteiger partial charge in [-0.1, -0.05) is 0 Å². The van der Waals surface area contributed by atoms with Crippen LogP contribution in [-0.4, -0.2) is 73.0 Å². The summed E-state index contributed by atoms with van der Waals surface area (Å²) < 4.78 is 28.5. The summed E-state index contributed by atoms with van der Waals surface area (Å²) in [6.07, 6.45) is 1.41. The molecule has 1 aromatic carbocycles. The zero-order valence-electron chi connectivity index (χ0n) is 15.7. The number of aliphatic hydroxyl groups is 1. The lowest BCUT2D eigenvalue weighted by molar-refractivity contribution is -0.0472. The molecule has 8 heteroatoms. The molecular formula is C20H24N2O6. The molecule has 1 aromatic heterocycles. The Morgan fingerprint density at radius 2 is 1.79 bits per heavy atom. The van der Waals surface area contributed by atoms with Crippen LogP contribution in [0, 0.1) is 0 Å². The number of hydrogen-bond acceptors (Lipinski definition) is 8. The maximum absolute atomic E-state index is 9.18. The molecule has 2 fully saturated rings. The highest BCUT2D eigenvalue weighted by Crippen LogP contribution is 2.30. The van der Waals surface area contributed by atoms with Crippen molar-refractivity contribution in [2.75, 3.05) is 33.5 Å². The second-order valence-electron chi connectivity index (χ2n) is 6.68. The summed E-state index contributed by atoms with van der Waals surface area (Å²) in [6, 6.07) is 9.19. The molecule has 0 unspecified atom stereocenters. The Morgan fingerprint density at radius 1 is 1.04 bits per heavy atom. The molecule has 0 saturated carbocycles. The van der Waals surface area contributed by atoms with Crippen LogP contribution in [0.1, 0.15) is 5.69 Å². The summed E-state index contributed by atoms with van der Waals surface area (Å²) in [6.45, 7) is 1.82. The summed E-state index contributed by atoms with van der Waals surface area (Å²) >= 11 is 0. The molecule has 0 bridgehead atoms. The average molecular weight is 388 g/mol. The second kappa shape index (κ2) is 8.93. The number of aliphatic hydroxyl groups excluding tert-OH is 1. The molecular weight excluding hydrogens is 364 g/mol. The van der Waals surface area contributed by atoms with Gasteiger partial charge in [0.2, 0.25) is 0 Å². The van der Waals surface area contributed by atoms with Crippen LogP contribution >= 0.6 is 0 Å². The topological polar surface area (TPSA) is 92.2 Å². The number of nitrogens with zero attached hydrogens (tertiary/aromatic N) is 2. The molecule has 28 heavy (non-hydrogen) atoms. The second-order valence-corrected chi connectivity index (χ2v) is 6.68. The third kappa shape index (κ3) is 4.16. The first-order valence-corrected chi connectivity index (χ1v) is 9.32. The van der Waals surface area contributed by atoms with E-state index in [0.29, 0.717) is 37.9 Å². The monoisotopic (exact) mass is 388 g/mol. The van der Waals surface area contributed by atoms with Crippen LogP contribution in [0.25, 0.3) is 11.4 Å². The van der Waals surface area contributed by atoms with Gasteiger partial charge in [-0.05, 0) is 30.3 Å². The Balaban J connectivity index is 1.24. The molecule has 1 N–H and O–H groups in total. The third-order valence-electron chi connectivity index (χ3n) is 4.94. The van der Waals surface area contributed by atoms with Crippen molar-refractivity contribution in [2.45, 2.75) is 31.0 Å². The molecule has 0 spiro atoms. The van der Waals surface area contributed by atoms with Crippen LogP contribution < -0.4 is 4.74 Å². The molecule has 4 rings (SSSR count).